The number of carbonyl (C=O) groups is 1. The van der Waals surface area contributed by atoms with Crippen molar-refractivity contribution in [2.45, 2.75) is 27.7 Å². The lowest BCUT2D eigenvalue weighted by Crippen LogP contribution is -2.31. The van der Waals surface area contributed by atoms with Gasteiger partial charge in [0.15, 0.2) is 0 Å². The smallest absolute Gasteiger partial charge is 0.261 e. The molecular weight excluding hydrogens is 238 g/mol. The van der Waals surface area contributed by atoms with Crippen LogP contribution in [0.15, 0.2) is 24.3 Å². The minimum atomic E-state index is -0.00292. The molecule has 100 valence electrons. The second-order valence-corrected chi connectivity index (χ2v) is 4.70. The second-order valence-electron chi connectivity index (χ2n) is 4.70. The van der Waals surface area contributed by atoms with E-state index in [1.165, 1.54) is 0 Å². The molecule has 1 heterocycles. The van der Waals surface area contributed by atoms with Gasteiger partial charge in [0.1, 0.15) is 0 Å². The lowest BCUT2D eigenvalue weighted by molar-refractivity contribution is 0.0987. The van der Waals surface area contributed by atoms with Crippen molar-refractivity contribution < 1.29 is 4.79 Å². The predicted octanol–water partition coefficient (Wildman–Crippen LogP) is 3.00. The average molecular weight is 257 g/mol. The average Bonchev–Trinajstić information content (AvgIpc) is 2.70. The zero-order valence-electron chi connectivity index (χ0n) is 11.8. The summed E-state index contributed by atoms with van der Waals surface area (Å²) in [6.45, 7) is 8.35. The van der Waals surface area contributed by atoms with Gasteiger partial charge >= 0.3 is 0 Å². The molecule has 0 saturated carbocycles. The summed E-state index contributed by atoms with van der Waals surface area (Å²) in [5.74, 6) is -0.00292. The first-order valence-corrected chi connectivity index (χ1v) is 6.44. The van der Waals surface area contributed by atoms with Crippen LogP contribution in [0.2, 0.25) is 0 Å². The van der Waals surface area contributed by atoms with E-state index in [-0.39, 0.29) is 5.91 Å². The van der Waals surface area contributed by atoms with Crippen molar-refractivity contribution >= 4 is 11.6 Å². The number of aromatic nitrogens is 2. The Bertz CT molecular complexity index is 582. The molecule has 4 heteroatoms. The highest BCUT2D eigenvalue weighted by Gasteiger charge is 2.21. The van der Waals surface area contributed by atoms with Gasteiger partial charge in [-0.1, -0.05) is 12.1 Å². The maximum Gasteiger partial charge on any atom is 0.261 e. The van der Waals surface area contributed by atoms with Crippen LogP contribution in [0.5, 0.6) is 0 Å². The molecule has 1 aromatic carbocycles. The molecule has 0 spiro atoms. The summed E-state index contributed by atoms with van der Waals surface area (Å²) in [4.78, 5) is 14.4. The predicted molar refractivity (Wildman–Crippen MR) is 76.6 cm³/mol. The van der Waals surface area contributed by atoms with Gasteiger partial charge in [0.25, 0.3) is 5.91 Å². The van der Waals surface area contributed by atoms with Crippen molar-refractivity contribution in [1.82, 2.24) is 10.2 Å². The van der Waals surface area contributed by atoms with Gasteiger partial charge in [-0.15, -0.1) is 0 Å². The number of benzene rings is 1. The van der Waals surface area contributed by atoms with Gasteiger partial charge in [-0.05, 0) is 45.4 Å². The third-order valence-electron chi connectivity index (χ3n) is 3.22. The molecule has 0 unspecified atom stereocenters. The normalized spacial score (nSPS) is 10.5. The summed E-state index contributed by atoms with van der Waals surface area (Å²) in [5.41, 5.74) is 4.29. The van der Waals surface area contributed by atoms with Crippen LogP contribution in [0.4, 0.5) is 5.69 Å². The van der Waals surface area contributed by atoms with Crippen LogP contribution >= 0.6 is 0 Å². The number of nitrogens with zero attached hydrogens (tertiary/aromatic N) is 2. The van der Waals surface area contributed by atoms with Gasteiger partial charge in [0.05, 0.1) is 11.3 Å². The molecule has 4 nitrogen and oxygen atoms in total. The Balaban J connectivity index is 2.40. The fourth-order valence-electron chi connectivity index (χ4n) is 2.24. The zero-order valence-corrected chi connectivity index (χ0v) is 11.8. The molecule has 0 atom stereocenters. The SMILES string of the molecule is CCN(C(=O)c1c(C)n[nH]c1C)c1cccc(C)c1. The van der Waals surface area contributed by atoms with Crippen LogP contribution in [0.3, 0.4) is 0 Å². The summed E-state index contributed by atoms with van der Waals surface area (Å²) < 4.78 is 0. The van der Waals surface area contributed by atoms with Crippen molar-refractivity contribution in [2.24, 2.45) is 0 Å². The first-order valence-electron chi connectivity index (χ1n) is 6.44. The van der Waals surface area contributed by atoms with E-state index in [2.05, 4.69) is 10.2 Å². The Hall–Kier alpha value is -2.10. The number of H-pyrrole nitrogens is 1. The molecule has 1 aromatic heterocycles. The van der Waals surface area contributed by atoms with E-state index in [9.17, 15) is 4.79 Å². The maximum atomic E-state index is 12.7. The number of hydrogen-bond donors (Lipinski definition) is 1. The molecular formula is C15H19N3O. The largest absolute Gasteiger partial charge is 0.309 e. The minimum absolute atomic E-state index is 0.00292. The summed E-state index contributed by atoms with van der Waals surface area (Å²) in [6.07, 6.45) is 0. The number of nitrogens with one attached hydrogen (secondary N) is 1. The van der Waals surface area contributed by atoms with Crippen LogP contribution in [0, 0.1) is 20.8 Å². The first kappa shape index (κ1) is 13.3. The Morgan fingerprint density at radius 3 is 2.58 bits per heavy atom. The van der Waals surface area contributed by atoms with E-state index in [1.807, 2.05) is 52.0 Å². The molecule has 0 bridgehead atoms. The maximum absolute atomic E-state index is 12.7. The fraction of sp³-hybridized carbons (Fsp3) is 0.333. The van der Waals surface area contributed by atoms with Gasteiger partial charge in [0.2, 0.25) is 0 Å². The van der Waals surface area contributed by atoms with Crippen molar-refractivity contribution in [1.29, 1.82) is 0 Å². The molecule has 0 fully saturated rings. The summed E-state index contributed by atoms with van der Waals surface area (Å²) >= 11 is 0. The number of amides is 1. The van der Waals surface area contributed by atoms with E-state index in [1.54, 1.807) is 4.90 Å². The van der Waals surface area contributed by atoms with Crippen LogP contribution in [0.1, 0.15) is 34.2 Å². The molecule has 0 aliphatic carbocycles. The molecule has 19 heavy (non-hydrogen) atoms. The Morgan fingerprint density at radius 1 is 1.32 bits per heavy atom. The molecule has 0 aliphatic heterocycles. The van der Waals surface area contributed by atoms with Gasteiger partial charge in [0, 0.05) is 17.9 Å². The van der Waals surface area contributed by atoms with Crippen LogP contribution in [-0.4, -0.2) is 22.6 Å². The second kappa shape index (κ2) is 5.26. The lowest BCUT2D eigenvalue weighted by Gasteiger charge is -2.21. The van der Waals surface area contributed by atoms with Gasteiger partial charge in [-0.25, -0.2) is 0 Å². The van der Waals surface area contributed by atoms with Crippen molar-refractivity contribution in [3.63, 3.8) is 0 Å². The number of carbonyl (C=O) groups excluding carboxylic acids is 1. The molecule has 0 radical (unpaired) electrons. The van der Waals surface area contributed by atoms with E-state index < -0.39 is 0 Å². The standard InChI is InChI=1S/C15H19N3O/c1-5-18(13-8-6-7-10(2)9-13)15(19)14-11(3)16-17-12(14)4/h6-9H,5H2,1-4H3,(H,16,17). The zero-order chi connectivity index (χ0) is 14.0. The quantitative estimate of drug-likeness (QED) is 0.918. The first-order chi connectivity index (χ1) is 9.04. The van der Waals surface area contributed by atoms with Crippen molar-refractivity contribution in [3.05, 3.63) is 46.8 Å². The molecule has 1 N–H and O–H groups in total. The van der Waals surface area contributed by atoms with Crippen LogP contribution in [-0.2, 0) is 0 Å². The van der Waals surface area contributed by atoms with Gasteiger partial charge in [-0.3, -0.25) is 9.89 Å². The number of aryl methyl sites for hydroxylation is 3. The van der Waals surface area contributed by atoms with Crippen LogP contribution < -0.4 is 4.90 Å². The molecule has 0 aliphatic rings. The number of hydrogen-bond acceptors (Lipinski definition) is 2. The monoisotopic (exact) mass is 257 g/mol. The Morgan fingerprint density at radius 2 is 2.05 bits per heavy atom. The molecule has 1 amide bonds. The summed E-state index contributed by atoms with van der Waals surface area (Å²) in [7, 11) is 0. The number of rotatable bonds is 3. The lowest BCUT2D eigenvalue weighted by atomic mass is 10.1. The topological polar surface area (TPSA) is 49.0 Å². The van der Waals surface area contributed by atoms with Gasteiger partial charge < -0.3 is 4.90 Å². The molecule has 2 aromatic rings. The fourth-order valence-corrected chi connectivity index (χ4v) is 2.24. The summed E-state index contributed by atoms with van der Waals surface area (Å²) in [5, 5.41) is 6.95. The Kier molecular flexibility index (Phi) is 3.69. The van der Waals surface area contributed by atoms with E-state index in [4.69, 9.17) is 0 Å². The highest BCUT2D eigenvalue weighted by molar-refractivity contribution is 6.07. The molecule has 2 rings (SSSR count). The van der Waals surface area contributed by atoms with E-state index in [0.29, 0.717) is 12.1 Å². The van der Waals surface area contributed by atoms with Crippen molar-refractivity contribution in [2.75, 3.05) is 11.4 Å². The third kappa shape index (κ3) is 2.52. The Labute approximate surface area is 113 Å². The van der Waals surface area contributed by atoms with E-state index in [0.717, 1.165) is 22.6 Å². The summed E-state index contributed by atoms with van der Waals surface area (Å²) in [6, 6.07) is 7.97. The number of aromatic amines is 1. The van der Waals surface area contributed by atoms with Crippen LogP contribution in [0.25, 0.3) is 0 Å². The highest BCUT2D eigenvalue weighted by atomic mass is 16.2. The van der Waals surface area contributed by atoms with Gasteiger partial charge in [-0.2, -0.15) is 5.10 Å². The van der Waals surface area contributed by atoms with E-state index >= 15 is 0 Å². The molecule has 0 saturated heterocycles. The third-order valence-corrected chi connectivity index (χ3v) is 3.22. The van der Waals surface area contributed by atoms with Crippen molar-refractivity contribution in [3.8, 4) is 0 Å². The number of anilines is 1. The minimum Gasteiger partial charge on any atom is -0.309 e. The highest BCUT2D eigenvalue weighted by Crippen LogP contribution is 2.20.